The summed E-state index contributed by atoms with van der Waals surface area (Å²) in [5.41, 5.74) is 2.12. The normalized spacial score (nSPS) is 12.1. The highest BCUT2D eigenvalue weighted by Gasteiger charge is 2.15. The van der Waals surface area contributed by atoms with Crippen LogP contribution in [-0.2, 0) is 4.74 Å². The lowest BCUT2D eigenvalue weighted by atomic mass is 10.1. The fourth-order valence-electron chi connectivity index (χ4n) is 2.74. The number of nitriles is 1. The average Bonchev–Trinajstić information content (AvgIpc) is 2.77. The van der Waals surface area contributed by atoms with Crippen molar-refractivity contribution in [3.05, 3.63) is 53.6 Å². The van der Waals surface area contributed by atoms with Gasteiger partial charge in [-0.05, 0) is 43.2 Å². The minimum atomic E-state index is -0.626. The molecule has 0 fully saturated rings. The lowest BCUT2D eigenvalue weighted by Gasteiger charge is -2.18. The number of ether oxygens (including phenoxy) is 2. The van der Waals surface area contributed by atoms with Gasteiger partial charge in [-0.25, -0.2) is 9.59 Å². The van der Waals surface area contributed by atoms with Gasteiger partial charge in [-0.2, -0.15) is 5.26 Å². The number of amides is 3. The number of alkyl carbamates (subject to hydrolysis) is 1. The van der Waals surface area contributed by atoms with Crippen molar-refractivity contribution in [3.8, 4) is 11.8 Å². The van der Waals surface area contributed by atoms with Gasteiger partial charge in [0.2, 0.25) is 0 Å². The van der Waals surface area contributed by atoms with E-state index in [0.717, 1.165) is 5.56 Å². The smallest absolute Gasteiger partial charge is 0.407 e. The summed E-state index contributed by atoms with van der Waals surface area (Å²) in [4.78, 5) is 24.3. The Morgan fingerprint density at radius 2 is 1.87 bits per heavy atom. The molecule has 0 saturated carbocycles. The Labute approximate surface area is 181 Å². The number of benzene rings is 2. The van der Waals surface area contributed by atoms with Crippen molar-refractivity contribution in [2.45, 2.75) is 32.4 Å². The summed E-state index contributed by atoms with van der Waals surface area (Å²) in [7, 11) is 1.45. The minimum Gasteiger partial charge on any atom is -0.495 e. The van der Waals surface area contributed by atoms with Crippen LogP contribution < -0.4 is 20.7 Å². The number of carbonyl (C=O) groups excluding carboxylic acids is 2. The zero-order valence-corrected chi connectivity index (χ0v) is 17.6. The standard InChI is InChI=1S/C22H26N4O5/c1-4-19(13-27)31-22(29)24-14(2)15-6-5-7-17(10-15)25-21(28)26-18-9-8-16(12-23)20(11-18)30-3/h5-11,14,19,27H,4,13H2,1-3H3,(H,24,29)(H2,25,26,28)/t14-,19?/m1/s1. The van der Waals surface area contributed by atoms with Gasteiger partial charge in [-0.3, -0.25) is 0 Å². The van der Waals surface area contributed by atoms with Gasteiger partial charge in [0.25, 0.3) is 0 Å². The lowest BCUT2D eigenvalue weighted by Crippen LogP contribution is -2.32. The molecule has 0 saturated heterocycles. The molecule has 0 spiro atoms. The van der Waals surface area contributed by atoms with Crippen LogP contribution in [0.15, 0.2) is 42.5 Å². The first kappa shape index (κ1) is 23.5. The lowest BCUT2D eigenvalue weighted by molar-refractivity contribution is 0.0539. The van der Waals surface area contributed by atoms with E-state index in [-0.39, 0.29) is 12.6 Å². The third-order valence-electron chi connectivity index (χ3n) is 4.49. The van der Waals surface area contributed by atoms with Crippen LogP contribution in [0.4, 0.5) is 21.0 Å². The van der Waals surface area contributed by atoms with E-state index in [4.69, 9.17) is 19.8 Å². The Bertz CT molecular complexity index is 953. The van der Waals surface area contributed by atoms with E-state index in [1.54, 1.807) is 43.3 Å². The van der Waals surface area contributed by atoms with Crippen molar-refractivity contribution in [2.75, 3.05) is 24.4 Å². The van der Waals surface area contributed by atoms with Crippen LogP contribution in [0.1, 0.15) is 37.4 Å². The Hall–Kier alpha value is -3.77. The number of nitrogens with one attached hydrogen (secondary N) is 3. The Morgan fingerprint density at radius 3 is 2.48 bits per heavy atom. The second kappa shape index (κ2) is 11.4. The first-order valence-corrected chi connectivity index (χ1v) is 9.74. The number of hydrogen-bond donors (Lipinski definition) is 4. The number of aliphatic hydroxyl groups excluding tert-OH is 1. The molecule has 0 aliphatic heterocycles. The van der Waals surface area contributed by atoms with Crippen molar-refractivity contribution in [2.24, 2.45) is 0 Å². The minimum absolute atomic E-state index is 0.238. The van der Waals surface area contributed by atoms with Crippen LogP contribution in [0.25, 0.3) is 0 Å². The first-order chi connectivity index (χ1) is 14.9. The van der Waals surface area contributed by atoms with E-state index in [0.29, 0.717) is 29.1 Å². The molecule has 2 aromatic rings. The average molecular weight is 426 g/mol. The molecule has 9 heteroatoms. The monoisotopic (exact) mass is 426 g/mol. The molecule has 0 bridgehead atoms. The van der Waals surface area contributed by atoms with Gasteiger partial charge in [-0.15, -0.1) is 0 Å². The quantitative estimate of drug-likeness (QED) is 0.508. The predicted molar refractivity (Wildman–Crippen MR) is 116 cm³/mol. The summed E-state index contributed by atoms with van der Waals surface area (Å²) in [6.07, 6.45) is -0.665. The van der Waals surface area contributed by atoms with E-state index >= 15 is 0 Å². The molecule has 2 atom stereocenters. The fraction of sp³-hybridized carbons (Fsp3) is 0.318. The van der Waals surface area contributed by atoms with Crippen LogP contribution in [0, 0.1) is 11.3 Å². The molecular weight excluding hydrogens is 400 g/mol. The maximum Gasteiger partial charge on any atom is 0.407 e. The summed E-state index contributed by atoms with van der Waals surface area (Å²) >= 11 is 0. The second-order valence-electron chi connectivity index (χ2n) is 6.72. The number of urea groups is 1. The molecule has 9 nitrogen and oxygen atoms in total. The number of hydrogen-bond acceptors (Lipinski definition) is 6. The van der Waals surface area contributed by atoms with Crippen LogP contribution in [-0.4, -0.2) is 37.1 Å². The molecule has 2 rings (SSSR count). The van der Waals surface area contributed by atoms with Gasteiger partial charge >= 0.3 is 12.1 Å². The molecule has 0 aromatic heterocycles. The zero-order chi connectivity index (χ0) is 22.8. The largest absolute Gasteiger partial charge is 0.495 e. The SMILES string of the molecule is CCC(CO)OC(=O)N[C@H](C)c1cccc(NC(=O)Nc2ccc(C#N)c(OC)c2)c1. The van der Waals surface area contributed by atoms with E-state index in [2.05, 4.69) is 16.0 Å². The highest BCUT2D eigenvalue weighted by molar-refractivity contribution is 6.00. The molecule has 0 radical (unpaired) electrons. The highest BCUT2D eigenvalue weighted by atomic mass is 16.6. The second-order valence-corrected chi connectivity index (χ2v) is 6.72. The third kappa shape index (κ3) is 6.90. The van der Waals surface area contributed by atoms with Gasteiger partial charge in [0.1, 0.15) is 17.9 Å². The maximum absolute atomic E-state index is 12.3. The Morgan fingerprint density at radius 1 is 1.16 bits per heavy atom. The van der Waals surface area contributed by atoms with Crippen molar-refractivity contribution >= 4 is 23.5 Å². The van der Waals surface area contributed by atoms with Gasteiger partial charge in [-0.1, -0.05) is 19.1 Å². The van der Waals surface area contributed by atoms with Crippen molar-refractivity contribution in [3.63, 3.8) is 0 Å². The summed E-state index contributed by atoms with van der Waals surface area (Å²) in [6, 6.07) is 12.9. The van der Waals surface area contributed by atoms with Crippen LogP contribution >= 0.6 is 0 Å². The van der Waals surface area contributed by atoms with E-state index in [9.17, 15) is 9.59 Å². The molecule has 0 aliphatic rings. The Kier molecular flexibility index (Phi) is 8.66. The molecule has 0 heterocycles. The van der Waals surface area contributed by atoms with Crippen LogP contribution in [0.2, 0.25) is 0 Å². The highest BCUT2D eigenvalue weighted by Crippen LogP contribution is 2.23. The molecule has 1 unspecified atom stereocenters. The summed E-state index contributed by atoms with van der Waals surface area (Å²) in [6.45, 7) is 3.35. The van der Waals surface area contributed by atoms with E-state index in [1.165, 1.54) is 7.11 Å². The van der Waals surface area contributed by atoms with Gasteiger partial charge in [0.15, 0.2) is 0 Å². The number of rotatable bonds is 8. The number of carbonyl (C=O) groups is 2. The molecule has 31 heavy (non-hydrogen) atoms. The molecule has 3 amide bonds. The summed E-state index contributed by atoms with van der Waals surface area (Å²) < 4.78 is 10.3. The summed E-state index contributed by atoms with van der Waals surface area (Å²) in [5, 5.41) is 26.3. The molecular formula is C22H26N4O5. The van der Waals surface area contributed by atoms with E-state index < -0.39 is 18.2 Å². The maximum atomic E-state index is 12.3. The van der Waals surface area contributed by atoms with Gasteiger partial charge < -0.3 is 30.5 Å². The summed E-state index contributed by atoms with van der Waals surface area (Å²) in [5.74, 6) is 0.362. The molecule has 164 valence electrons. The first-order valence-electron chi connectivity index (χ1n) is 9.74. The van der Waals surface area contributed by atoms with Crippen molar-refractivity contribution < 1.29 is 24.2 Å². The zero-order valence-electron chi connectivity index (χ0n) is 17.6. The van der Waals surface area contributed by atoms with Gasteiger partial charge in [0, 0.05) is 17.4 Å². The predicted octanol–water partition coefficient (Wildman–Crippen LogP) is 3.77. The van der Waals surface area contributed by atoms with E-state index in [1.807, 2.05) is 19.1 Å². The van der Waals surface area contributed by atoms with Crippen LogP contribution in [0.5, 0.6) is 5.75 Å². The topological polar surface area (TPSA) is 133 Å². The van der Waals surface area contributed by atoms with Crippen molar-refractivity contribution in [1.82, 2.24) is 5.32 Å². The molecule has 0 aliphatic carbocycles. The number of aliphatic hydroxyl groups is 1. The Balaban J connectivity index is 1.99. The fourth-order valence-corrected chi connectivity index (χ4v) is 2.74. The van der Waals surface area contributed by atoms with Crippen molar-refractivity contribution in [1.29, 1.82) is 5.26 Å². The molecule has 2 aromatic carbocycles. The molecule has 4 N–H and O–H groups in total. The number of nitrogens with zero attached hydrogens (tertiary/aromatic N) is 1. The van der Waals surface area contributed by atoms with Crippen LogP contribution in [0.3, 0.4) is 0 Å². The van der Waals surface area contributed by atoms with Gasteiger partial charge in [0.05, 0.1) is 25.3 Å². The number of methoxy groups -OCH3 is 1. The third-order valence-corrected chi connectivity index (χ3v) is 4.49. The number of anilines is 2.